The van der Waals surface area contributed by atoms with E-state index in [4.69, 9.17) is 21.1 Å². The number of sulfonamides is 1. The van der Waals surface area contributed by atoms with Crippen molar-refractivity contribution in [3.63, 3.8) is 0 Å². The van der Waals surface area contributed by atoms with Gasteiger partial charge in [0.05, 0.1) is 10.6 Å². The molecule has 48 heavy (non-hydrogen) atoms. The first-order valence-electron chi connectivity index (χ1n) is 15.6. The summed E-state index contributed by atoms with van der Waals surface area (Å²) in [5.74, 6) is -0.963. The topological polar surface area (TPSA) is 105 Å². The van der Waals surface area contributed by atoms with Gasteiger partial charge in [0.1, 0.15) is 31.6 Å². The van der Waals surface area contributed by atoms with E-state index in [1.807, 2.05) is 44.2 Å². The molecule has 1 heterocycles. The number of benzene rings is 4. The van der Waals surface area contributed by atoms with Crippen LogP contribution in [0.4, 0.5) is 10.1 Å². The number of nitrogens with one attached hydrogen (secondary N) is 1. The highest BCUT2D eigenvalue weighted by Gasteiger charge is 2.35. The Balaban J connectivity index is 1.58. The standard InChI is InChI=1S/C36H37ClFN3O6S/c1-3-25(2)39-36(43)32(21-26-8-5-4-6-9-26)40(23-27-10-7-11-28(37)20-27)35(42)24-41(30-14-12-29(38)13-15-30)48(44,45)31-16-17-33-34(22-31)47-19-18-46-33/h4-17,20,22,25,32H,3,18-19,21,23-24H2,1-2H3,(H,39,43)/t25-,32-/m1/s1. The second kappa shape index (κ2) is 15.5. The minimum Gasteiger partial charge on any atom is -0.486 e. The summed E-state index contributed by atoms with van der Waals surface area (Å²) in [6.45, 7) is 3.66. The molecule has 0 unspecified atom stereocenters. The largest absolute Gasteiger partial charge is 0.486 e. The third kappa shape index (κ3) is 8.45. The van der Waals surface area contributed by atoms with Crippen LogP contribution in [-0.2, 0) is 32.6 Å². The molecule has 0 saturated heterocycles. The first kappa shape index (κ1) is 34.7. The summed E-state index contributed by atoms with van der Waals surface area (Å²) in [6.07, 6.45) is 0.832. The smallest absolute Gasteiger partial charge is 0.264 e. The second-order valence-corrected chi connectivity index (χ2v) is 13.8. The van der Waals surface area contributed by atoms with Crippen molar-refractivity contribution in [1.82, 2.24) is 10.2 Å². The van der Waals surface area contributed by atoms with E-state index in [0.29, 0.717) is 29.4 Å². The van der Waals surface area contributed by atoms with Crippen molar-refractivity contribution in [2.75, 3.05) is 24.1 Å². The molecule has 4 aromatic rings. The molecule has 252 valence electrons. The summed E-state index contributed by atoms with van der Waals surface area (Å²) in [4.78, 5) is 29.7. The molecule has 0 radical (unpaired) electrons. The van der Waals surface area contributed by atoms with E-state index < -0.39 is 34.3 Å². The lowest BCUT2D eigenvalue weighted by Gasteiger charge is -2.34. The van der Waals surface area contributed by atoms with Crippen molar-refractivity contribution >= 4 is 39.1 Å². The minimum absolute atomic E-state index is 0.0356. The average Bonchev–Trinajstić information content (AvgIpc) is 3.09. The molecular formula is C36H37ClFN3O6S. The zero-order valence-corrected chi connectivity index (χ0v) is 28.2. The Hall–Kier alpha value is -4.61. The number of ether oxygens (including phenoxy) is 2. The van der Waals surface area contributed by atoms with Gasteiger partial charge in [-0.3, -0.25) is 13.9 Å². The SMILES string of the molecule is CC[C@@H](C)NC(=O)[C@@H](Cc1ccccc1)N(Cc1cccc(Cl)c1)C(=O)CN(c1ccc(F)cc1)S(=O)(=O)c1ccc2c(c1)OCCO2. The number of anilines is 1. The molecule has 12 heteroatoms. The average molecular weight is 694 g/mol. The van der Waals surface area contributed by atoms with Crippen LogP contribution in [0.5, 0.6) is 11.5 Å². The highest BCUT2D eigenvalue weighted by molar-refractivity contribution is 7.92. The molecule has 1 aliphatic heterocycles. The van der Waals surface area contributed by atoms with E-state index in [0.717, 1.165) is 22.0 Å². The lowest BCUT2D eigenvalue weighted by Crippen LogP contribution is -2.54. The summed E-state index contributed by atoms with van der Waals surface area (Å²) >= 11 is 6.30. The van der Waals surface area contributed by atoms with Gasteiger partial charge in [0.25, 0.3) is 10.0 Å². The maximum atomic E-state index is 14.6. The van der Waals surface area contributed by atoms with Gasteiger partial charge in [0.2, 0.25) is 11.8 Å². The van der Waals surface area contributed by atoms with Gasteiger partial charge in [0, 0.05) is 30.1 Å². The second-order valence-electron chi connectivity index (χ2n) is 11.5. The van der Waals surface area contributed by atoms with Crippen LogP contribution in [-0.4, -0.2) is 57.0 Å². The highest BCUT2D eigenvalue weighted by atomic mass is 35.5. The highest BCUT2D eigenvalue weighted by Crippen LogP contribution is 2.34. The molecule has 0 aromatic heterocycles. The molecule has 0 bridgehead atoms. The Labute approximate surface area is 285 Å². The summed E-state index contributed by atoms with van der Waals surface area (Å²) in [6, 6.07) is 24.0. The van der Waals surface area contributed by atoms with Crippen LogP contribution in [0.2, 0.25) is 5.02 Å². The summed E-state index contributed by atoms with van der Waals surface area (Å²) in [7, 11) is -4.43. The molecule has 1 aliphatic rings. The maximum Gasteiger partial charge on any atom is 0.264 e. The Morgan fingerprint density at radius 1 is 0.896 bits per heavy atom. The van der Waals surface area contributed by atoms with Gasteiger partial charge in [-0.05, 0) is 73.0 Å². The first-order chi connectivity index (χ1) is 23.0. The molecular weight excluding hydrogens is 657 g/mol. The molecule has 9 nitrogen and oxygen atoms in total. The van der Waals surface area contributed by atoms with Crippen molar-refractivity contribution < 1.29 is 31.9 Å². The molecule has 4 aromatic carbocycles. The van der Waals surface area contributed by atoms with E-state index in [1.54, 1.807) is 24.3 Å². The van der Waals surface area contributed by atoms with E-state index in [1.165, 1.54) is 35.2 Å². The Kier molecular flexibility index (Phi) is 11.2. The number of carbonyl (C=O) groups is 2. The van der Waals surface area contributed by atoms with Crippen LogP contribution in [0.3, 0.4) is 0 Å². The van der Waals surface area contributed by atoms with Crippen LogP contribution in [0.15, 0.2) is 102 Å². The fourth-order valence-electron chi connectivity index (χ4n) is 5.27. The first-order valence-corrected chi connectivity index (χ1v) is 17.4. The van der Waals surface area contributed by atoms with Crippen LogP contribution in [0, 0.1) is 5.82 Å². The van der Waals surface area contributed by atoms with E-state index in [2.05, 4.69) is 5.32 Å². The number of fused-ring (bicyclic) bond motifs is 1. The number of nitrogens with zero attached hydrogens (tertiary/aromatic N) is 2. The lowest BCUT2D eigenvalue weighted by atomic mass is 10.0. The van der Waals surface area contributed by atoms with Gasteiger partial charge >= 0.3 is 0 Å². The zero-order chi connectivity index (χ0) is 34.3. The molecule has 0 fully saturated rings. The molecule has 0 saturated carbocycles. The predicted octanol–water partition coefficient (Wildman–Crippen LogP) is 6.00. The van der Waals surface area contributed by atoms with Gasteiger partial charge in [-0.15, -0.1) is 0 Å². The molecule has 0 aliphatic carbocycles. The summed E-state index contributed by atoms with van der Waals surface area (Å²) in [5.41, 5.74) is 1.52. The number of amides is 2. The quantitative estimate of drug-likeness (QED) is 0.184. The molecule has 1 N–H and O–H groups in total. The van der Waals surface area contributed by atoms with Gasteiger partial charge in [-0.1, -0.05) is 61.0 Å². The van der Waals surface area contributed by atoms with Crippen LogP contribution in [0.25, 0.3) is 0 Å². The molecule has 2 atom stereocenters. The van der Waals surface area contributed by atoms with Crippen molar-refractivity contribution in [1.29, 1.82) is 0 Å². The Morgan fingerprint density at radius 2 is 1.58 bits per heavy atom. The summed E-state index contributed by atoms with van der Waals surface area (Å²) < 4.78 is 54.8. The van der Waals surface area contributed by atoms with E-state index in [-0.39, 0.29) is 47.9 Å². The number of rotatable bonds is 13. The number of halogens is 2. The van der Waals surface area contributed by atoms with Gasteiger partial charge in [-0.2, -0.15) is 0 Å². The van der Waals surface area contributed by atoms with Crippen LogP contribution in [0.1, 0.15) is 31.4 Å². The monoisotopic (exact) mass is 693 g/mol. The van der Waals surface area contributed by atoms with Crippen molar-refractivity contribution in [3.8, 4) is 11.5 Å². The third-order valence-electron chi connectivity index (χ3n) is 8.01. The van der Waals surface area contributed by atoms with E-state index >= 15 is 0 Å². The third-order valence-corrected chi connectivity index (χ3v) is 10.0. The fourth-order valence-corrected chi connectivity index (χ4v) is 6.92. The fraction of sp³-hybridized carbons (Fsp3) is 0.278. The van der Waals surface area contributed by atoms with Crippen LogP contribution < -0.4 is 19.1 Å². The zero-order valence-electron chi connectivity index (χ0n) is 26.6. The Morgan fingerprint density at radius 3 is 2.27 bits per heavy atom. The van der Waals surface area contributed by atoms with Crippen LogP contribution >= 0.6 is 11.6 Å². The minimum atomic E-state index is -4.43. The number of hydrogen-bond donors (Lipinski definition) is 1. The number of hydrogen-bond acceptors (Lipinski definition) is 6. The van der Waals surface area contributed by atoms with Crippen molar-refractivity contribution in [2.45, 2.75) is 50.2 Å². The van der Waals surface area contributed by atoms with Gasteiger partial charge in [0.15, 0.2) is 11.5 Å². The summed E-state index contributed by atoms with van der Waals surface area (Å²) in [5, 5.41) is 3.44. The Bertz CT molecular complexity index is 1840. The molecule has 5 rings (SSSR count). The van der Waals surface area contributed by atoms with Crippen molar-refractivity contribution in [2.24, 2.45) is 0 Å². The van der Waals surface area contributed by atoms with Gasteiger partial charge < -0.3 is 19.7 Å². The molecule has 0 spiro atoms. The predicted molar refractivity (Wildman–Crippen MR) is 182 cm³/mol. The van der Waals surface area contributed by atoms with E-state index in [9.17, 15) is 22.4 Å². The normalized spacial score (nSPS) is 13.7. The van der Waals surface area contributed by atoms with Crippen molar-refractivity contribution in [3.05, 3.63) is 119 Å². The van der Waals surface area contributed by atoms with Gasteiger partial charge in [-0.25, -0.2) is 12.8 Å². The maximum absolute atomic E-state index is 14.6. The number of carbonyl (C=O) groups excluding carboxylic acids is 2. The lowest BCUT2D eigenvalue weighted by molar-refractivity contribution is -0.140. The molecule has 2 amide bonds.